The smallest absolute Gasteiger partial charge is 0.0618 e. The SMILES string of the molecule is CC[C@H](C)[C@@H](COC)NC. The minimum Gasteiger partial charge on any atom is -0.383 e. The van der Waals surface area contributed by atoms with Gasteiger partial charge in [-0.1, -0.05) is 20.3 Å². The van der Waals surface area contributed by atoms with Crippen LogP contribution >= 0.6 is 0 Å². The molecule has 2 heteroatoms. The molecule has 0 aromatic rings. The van der Waals surface area contributed by atoms with Gasteiger partial charge in [0.1, 0.15) is 0 Å². The Kier molecular flexibility index (Phi) is 5.64. The molecule has 0 saturated carbocycles. The van der Waals surface area contributed by atoms with Crippen LogP contribution < -0.4 is 5.32 Å². The van der Waals surface area contributed by atoms with Gasteiger partial charge in [0.05, 0.1) is 6.61 Å². The lowest BCUT2D eigenvalue weighted by atomic mass is 10.0. The second-order valence-corrected chi connectivity index (χ2v) is 2.74. The van der Waals surface area contributed by atoms with Crippen LogP contribution in [-0.2, 0) is 4.74 Å². The predicted molar refractivity (Wildman–Crippen MR) is 44.2 cm³/mol. The molecule has 0 spiro atoms. The molecule has 0 aromatic heterocycles. The Balaban J connectivity index is 3.56. The fourth-order valence-electron chi connectivity index (χ4n) is 0.996. The van der Waals surface area contributed by atoms with Gasteiger partial charge in [0.15, 0.2) is 0 Å². The maximum Gasteiger partial charge on any atom is 0.0618 e. The number of nitrogens with one attached hydrogen (secondary N) is 1. The average molecular weight is 145 g/mol. The molecule has 2 atom stereocenters. The molecule has 0 unspecified atom stereocenters. The molecule has 0 aliphatic carbocycles. The van der Waals surface area contributed by atoms with Gasteiger partial charge in [-0.15, -0.1) is 0 Å². The summed E-state index contributed by atoms with van der Waals surface area (Å²) in [5.41, 5.74) is 0. The molecule has 0 radical (unpaired) electrons. The van der Waals surface area contributed by atoms with Gasteiger partial charge in [-0.05, 0) is 13.0 Å². The Morgan fingerprint density at radius 2 is 2.10 bits per heavy atom. The van der Waals surface area contributed by atoms with Gasteiger partial charge >= 0.3 is 0 Å². The van der Waals surface area contributed by atoms with E-state index < -0.39 is 0 Å². The van der Waals surface area contributed by atoms with Gasteiger partial charge < -0.3 is 10.1 Å². The normalized spacial score (nSPS) is 16.8. The lowest BCUT2D eigenvalue weighted by Crippen LogP contribution is -2.35. The van der Waals surface area contributed by atoms with Crippen LogP contribution in [0.5, 0.6) is 0 Å². The van der Waals surface area contributed by atoms with E-state index in [9.17, 15) is 0 Å². The van der Waals surface area contributed by atoms with Crippen molar-refractivity contribution in [3.63, 3.8) is 0 Å². The first-order valence-electron chi connectivity index (χ1n) is 3.92. The number of ether oxygens (including phenoxy) is 1. The second kappa shape index (κ2) is 5.69. The number of hydrogen-bond acceptors (Lipinski definition) is 2. The molecule has 0 aromatic carbocycles. The molecule has 0 amide bonds. The Labute approximate surface area is 64.0 Å². The van der Waals surface area contributed by atoms with Crippen LogP contribution in [0, 0.1) is 5.92 Å². The van der Waals surface area contributed by atoms with Gasteiger partial charge in [-0.3, -0.25) is 0 Å². The van der Waals surface area contributed by atoms with Crippen LogP contribution in [0.2, 0.25) is 0 Å². The van der Waals surface area contributed by atoms with Crippen LogP contribution in [0.15, 0.2) is 0 Å². The van der Waals surface area contributed by atoms with Crippen molar-refractivity contribution in [2.75, 3.05) is 20.8 Å². The molecular weight excluding hydrogens is 126 g/mol. The van der Waals surface area contributed by atoms with Gasteiger partial charge in [-0.25, -0.2) is 0 Å². The summed E-state index contributed by atoms with van der Waals surface area (Å²) in [6.45, 7) is 5.25. The minimum absolute atomic E-state index is 0.509. The van der Waals surface area contributed by atoms with E-state index in [1.54, 1.807) is 7.11 Å². The maximum atomic E-state index is 5.06. The predicted octanol–water partition coefficient (Wildman–Crippen LogP) is 1.27. The minimum atomic E-state index is 0.509. The van der Waals surface area contributed by atoms with E-state index in [-0.39, 0.29) is 0 Å². The summed E-state index contributed by atoms with van der Waals surface area (Å²) >= 11 is 0. The third kappa shape index (κ3) is 3.18. The quantitative estimate of drug-likeness (QED) is 0.629. The van der Waals surface area contributed by atoms with Crippen molar-refractivity contribution in [3.05, 3.63) is 0 Å². The van der Waals surface area contributed by atoms with Crippen molar-refractivity contribution in [2.45, 2.75) is 26.3 Å². The second-order valence-electron chi connectivity index (χ2n) is 2.74. The molecule has 1 N–H and O–H groups in total. The first-order valence-corrected chi connectivity index (χ1v) is 3.92. The van der Waals surface area contributed by atoms with Gasteiger partial charge in [0.2, 0.25) is 0 Å². The molecule has 0 saturated heterocycles. The van der Waals surface area contributed by atoms with Crippen molar-refractivity contribution in [2.24, 2.45) is 5.92 Å². The van der Waals surface area contributed by atoms with Gasteiger partial charge in [0.25, 0.3) is 0 Å². The summed E-state index contributed by atoms with van der Waals surface area (Å²) in [7, 11) is 3.72. The van der Waals surface area contributed by atoms with Crippen LogP contribution in [0.3, 0.4) is 0 Å². The Morgan fingerprint density at radius 1 is 1.50 bits per heavy atom. The number of rotatable bonds is 5. The van der Waals surface area contributed by atoms with E-state index in [1.807, 2.05) is 7.05 Å². The summed E-state index contributed by atoms with van der Waals surface area (Å²) < 4.78 is 5.06. The third-order valence-electron chi connectivity index (χ3n) is 2.05. The van der Waals surface area contributed by atoms with E-state index in [0.717, 1.165) is 6.61 Å². The number of methoxy groups -OCH3 is 1. The topological polar surface area (TPSA) is 21.3 Å². The van der Waals surface area contributed by atoms with E-state index in [4.69, 9.17) is 4.74 Å². The monoisotopic (exact) mass is 145 g/mol. The number of likely N-dealkylation sites (N-methyl/N-ethyl adjacent to an activating group) is 1. The van der Waals surface area contributed by atoms with Crippen LogP contribution in [0.25, 0.3) is 0 Å². The van der Waals surface area contributed by atoms with Crippen molar-refractivity contribution < 1.29 is 4.74 Å². The molecule has 0 bridgehead atoms. The molecule has 62 valence electrons. The highest BCUT2D eigenvalue weighted by atomic mass is 16.5. The molecule has 2 nitrogen and oxygen atoms in total. The fraction of sp³-hybridized carbons (Fsp3) is 1.00. The lowest BCUT2D eigenvalue weighted by molar-refractivity contribution is 0.146. The van der Waals surface area contributed by atoms with E-state index in [2.05, 4.69) is 19.2 Å². The standard InChI is InChI=1S/C8H19NO/c1-5-7(2)8(9-3)6-10-4/h7-9H,5-6H2,1-4H3/t7-,8+/m0/s1. The molecule has 0 rings (SSSR count). The Morgan fingerprint density at radius 3 is 2.40 bits per heavy atom. The first kappa shape index (κ1) is 9.92. The van der Waals surface area contributed by atoms with E-state index in [0.29, 0.717) is 12.0 Å². The zero-order valence-electron chi connectivity index (χ0n) is 7.48. The van der Waals surface area contributed by atoms with E-state index in [1.165, 1.54) is 6.42 Å². The molecule has 0 fully saturated rings. The molecule has 0 aliphatic heterocycles. The number of hydrogen-bond donors (Lipinski definition) is 1. The Bertz CT molecular complexity index is 75.7. The molecule has 0 heterocycles. The maximum absolute atomic E-state index is 5.06. The van der Waals surface area contributed by atoms with E-state index >= 15 is 0 Å². The van der Waals surface area contributed by atoms with Crippen molar-refractivity contribution >= 4 is 0 Å². The van der Waals surface area contributed by atoms with Crippen molar-refractivity contribution in [3.8, 4) is 0 Å². The van der Waals surface area contributed by atoms with Crippen LogP contribution in [0.4, 0.5) is 0 Å². The summed E-state index contributed by atoms with van der Waals surface area (Å²) in [6, 6.07) is 0.509. The zero-order chi connectivity index (χ0) is 7.98. The van der Waals surface area contributed by atoms with Gasteiger partial charge in [-0.2, -0.15) is 0 Å². The summed E-state index contributed by atoms with van der Waals surface area (Å²) in [4.78, 5) is 0. The van der Waals surface area contributed by atoms with Gasteiger partial charge in [0, 0.05) is 13.2 Å². The highest BCUT2D eigenvalue weighted by molar-refractivity contribution is 4.69. The summed E-state index contributed by atoms with van der Waals surface area (Å²) in [5, 5.41) is 3.23. The largest absolute Gasteiger partial charge is 0.383 e. The Hall–Kier alpha value is -0.0800. The third-order valence-corrected chi connectivity index (χ3v) is 2.05. The summed E-state index contributed by atoms with van der Waals surface area (Å²) in [6.07, 6.45) is 1.20. The lowest BCUT2D eigenvalue weighted by Gasteiger charge is -2.20. The fourth-order valence-corrected chi connectivity index (χ4v) is 0.996. The first-order chi connectivity index (χ1) is 4.76. The zero-order valence-corrected chi connectivity index (χ0v) is 7.48. The average Bonchev–Trinajstić information content (AvgIpc) is 1.99. The summed E-state index contributed by atoms with van der Waals surface area (Å²) in [5.74, 6) is 0.699. The van der Waals surface area contributed by atoms with Crippen molar-refractivity contribution in [1.29, 1.82) is 0 Å². The molecular formula is C8H19NO. The highest BCUT2D eigenvalue weighted by Gasteiger charge is 2.11. The molecule has 0 aliphatic rings. The molecule has 10 heavy (non-hydrogen) atoms. The van der Waals surface area contributed by atoms with Crippen molar-refractivity contribution in [1.82, 2.24) is 5.32 Å². The van der Waals surface area contributed by atoms with Crippen LogP contribution in [-0.4, -0.2) is 26.8 Å². The van der Waals surface area contributed by atoms with Crippen LogP contribution in [0.1, 0.15) is 20.3 Å². The highest BCUT2D eigenvalue weighted by Crippen LogP contribution is 2.06.